The zero-order valence-corrected chi connectivity index (χ0v) is 12.3. The Balaban J connectivity index is 4.90. The summed E-state index contributed by atoms with van der Waals surface area (Å²) >= 11 is 0. The van der Waals surface area contributed by atoms with Gasteiger partial charge >= 0.3 is 35.8 Å². The van der Waals surface area contributed by atoms with Crippen molar-refractivity contribution in [2.75, 3.05) is 0 Å². The van der Waals surface area contributed by atoms with E-state index in [1.807, 2.05) is 0 Å². The molecule has 0 aliphatic heterocycles. The first-order chi connectivity index (χ1) is 11.4. The number of aliphatic hydroxyl groups excluding tert-OH is 2. The van der Waals surface area contributed by atoms with Crippen LogP contribution in [0.1, 0.15) is 12.8 Å². The number of ether oxygens (including phenoxy) is 1. The smallest absolute Gasteiger partial charge is 0.333 e. The molecule has 0 aliphatic rings. The maximum Gasteiger partial charge on any atom is 0.333 e. The van der Waals surface area contributed by atoms with Crippen molar-refractivity contribution >= 4 is 35.8 Å². The first-order valence-corrected chi connectivity index (χ1v) is 6.39. The number of hydrogen-bond donors (Lipinski definition) is 6. The van der Waals surface area contributed by atoms with Crippen molar-refractivity contribution < 1.29 is 64.1 Å². The van der Waals surface area contributed by atoms with Crippen molar-refractivity contribution in [3.63, 3.8) is 0 Å². The van der Waals surface area contributed by atoms with Gasteiger partial charge in [0.25, 0.3) is 0 Å². The van der Waals surface area contributed by atoms with Gasteiger partial charge in [0.05, 0.1) is 12.8 Å². The lowest BCUT2D eigenvalue weighted by molar-refractivity contribution is -0.170. The summed E-state index contributed by atoms with van der Waals surface area (Å²) in [6, 6.07) is 0. The number of aliphatic carboxylic acids is 4. The van der Waals surface area contributed by atoms with Gasteiger partial charge in [-0.2, -0.15) is 0 Å². The van der Waals surface area contributed by atoms with Crippen LogP contribution in [-0.4, -0.2) is 78.7 Å². The van der Waals surface area contributed by atoms with Crippen LogP contribution < -0.4 is 0 Å². The number of carbonyl (C=O) groups is 6. The fourth-order valence-electron chi connectivity index (χ4n) is 1.58. The van der Waals surface area contributed by atoms with E-state index < -0.39 is 72.7 Å². The Morgan fingerprint density at radius 3 is 1.08 bits per heavy atom. The lowest BCUT2D eigenvalue weighted by atomic mass is 9.98. The predicted octanol–water partition coefficient (Wildman–Crippen LogP) is -2.87. The van der Waals surface area contributed by atoms with Gasteiger partial charge in [-0.15, -0.1) is 0 Å². The first kappa shape index (κ1) is 21.9. The van der Waals surface area contributed by atoms with Gasteiger partial charge in [0.15, 0.2) is 12.2 Å². The average Bonchev–Trinajstić information content (AvgIpc) is 2.47. The second kappa shape index (κ2) is 9.29. The van der Waals surface area contributed by atoms with Crippen LogP contribution >= 0.6 is 0 Å². The molecule has 25 heavy (non-hydrogen) atoms. The number of rotatable bonds is 10. The van der Waals surface area contributed by atoms with Crippen LogP contribution in [-0.2, 0) is 33.5 Å². The van der Waals surface area contributed by atoms with Crippen molar-refractivity contribution in [2.24, 2.45) is 11.8 Å². The van der Waals surface area contributed by atoms with Crippen LogP contribution in [0.2, 0.25) is 0 Å². The highest BCUT2D eigenvalue weighted by molar-refractivity contribution is 5.92. The minimum atomic E-state index is -2.47. The highest BCUT2D eigenvalue weighted by atomic mass is 16.6. The molecule has 0 bridgehead atoms. The van der Waals surface area contributed by atoms with Crippen LogP contribution in [0.4, 0.5) is 0 Å². The fraction of sp³-hybridized carbons (Fsp3) is 0.500. The minimum absolute atomic E-state index is 1.23. The van der Waals surface area contributed by atoms with E-state index in [9.17, 15) is 28.8 Å². The van der Waals surface area contributed by atoms with Gasteiger partial charge < -0.3 is 35.4 Å². The van der Waals surface area contributed by atoms with Crippen LogP contribution in [0, 0.1) is 11.8 Å². The third kappa shape index (κ3) is 6.92. The molecule has 0 aliphatic carbocycles. The molecule has 0 heterocycles. The van der Waals surface area contributed by atoms with Crippen LogP contribution in [0.3, 0.4) is 0 Å². The molecule has 6 N–H and O–H groups in total. The van der Waals surface area contributed by atoms with Crippen LogP contribution in [0.25, 0.3) is 0 Å². The zero-order chi connectivity index (χ0) is 19.9. The van der Waals surface area contributed by atoms with Gasteiger partial charge in [0.2, 0.25) is 0 Å². The quantitative estimate of drug-likeness (QED) is 0.169. The molecule has 0 amide bonds. The van der Waals surface area contributed by atoms with Crippen molar-refractivity contribution in [3.05, 3.63) is 0 Å². The highest BCUT2D eigenvalue weighted by Crippen LogP contribution is 2.14. The molecule has 0 aromatic carbocycles. The molecule has 0 aromatic heterocycles. The molecule has 0 spiro atoms. The summed E-state index contributed by atoms with van der Waals surface area (Å²) in [7, 11) is 0. The number of carboxylic acids is 4. The molecule has 13 heteroatoms. The van der Waals surface area contributed by atoms with E-state index in [1.54, 1.807) is 0 Å². The molecule has 13 nitrogen and oxygen atoms in total. The summed E-state index contributed by atoms with van der Waals surface area (Å²) in [6.45, 7) is 0. The number of carbonyl (C=O) groups excluding carboxylic acids is 2. The highest BCUT2D eigenvalue weighted by Gasteiger charge is 2.37. The van der Waals surface area contributed by atoms with Gasteiger partial charge in [-0.3, -0.25) is 19.2 Å². The number of aliphatic hydroxyl groups is 2. The van der Waals surface area contributed by atoms with Gasteiger partial charge in [-0.1, -0.05) is 0 Å². The molecular weight excluding hydrogens is 352 g/mol. The standard InChI is InChI=1S/C12H14O13/c13-5(1-3(9(17)18)7(15)11(21)22)25-6(14)2-4(10(19)20)8(16)12(23)24/h3-4,7-8,15-16H,1-2H2,(H,17,18)(H,19,20)(H,21,22)(H,23,24). The molecule has 0 aromatic rings. The predicted molar refractivity (Wildman–Crippen MR) is 69.9 cm³/mol. The van der Waals surface area contributed by atoms with Crippen LogP contribution in [0.15, 0.2) is 0 Å². The summed E-state index contributed by atoms with van der Waals surface area (Å²) in [4.78, 5) is 65.5. The van der Waals surface area contributed by atoms with Gasteiger partial charge in [-0.05, 0) is 0 Å². The van der Waals surface area contributed by atoms with Crippen molar-refractivity contribution in [3.8, 4) is 0 Å². The SMILES string of the molecule is O=C(CC(C(=O)O)C(O)C(=O)O)OC(=O)CC(C(=O)O)C(O)C(=O)O. The number of carboxylic acid groups (broad SMARTS) is 4. The van der Waals surface area contributed by atoms with E-state index in [0.717, 1.165) is 0 Å². The summed E-state index contributed by atoms with van der Waals surface area (Å²) in [5.74, 6) is -15.1. The van der Waals surface area contributed by atoms with Crippen molar-refractivity contribution in [2.45, 2.75) is 25.0 Å². The Morgan fingerprint density at radius 1 is 0.600 bits per heavy atom. The van der Waals surface area contributed by atoms with Gasteiger partial charge in [0.1, 0.15) is 11.8 Å². The summed E-state index contributed by atoms with van der Waals surface area (Å²) in [6.07, 6.45) is -7.40. The monoisotopic (exact) mass is 366 g/mol. The summed E-state index contributed by atoms with van der Waals surface area (Å²) < 4.78 is 4.06. The molecule has 0 saturated carbocycles. The Morgan fingerprint density at radius 2 is 0.880 bits per heavy atom. The Labute approximate surface area is 138 Å². The van der Waals surface area contributed by atoms with E-state index >= 15 is 0 Å². The molecule has 4 atom stereocenters. The Bertz CT molecular complexity index is 530. The van der Waals surface area contributed by atoms with Gasteiger partial charge in [0, 0.05) is 0 Å². The van der Waals surface area contributed by atoms with Crippen molar-refractivity contribution in [1.29, 1.82) is 0 Å². The third-order valence-electron chi connectivity index (χ3n) is 2.90. The molecule has 0 saturated heterocycles. The van der Waals surface area contributed by atoms with E-state index in [1.165, 1.54) is 0 Å². The lowest BCUT2D eigenvalue weighted by Gasteiger charge is -2.16. The minimum Gasteiger partial charge on any atom is -0.481 e. The molecular formula is C12H14O13. The zero-order valence-electron chi connectivity index (χ0n) is 12.3. The van der Waals surface area contributed by atoms with Crippen molar-refractivity contribution in [1.82, 2.24) is 0 Å². The molecule has 0 fully saturated rings. The van der Waals surface area contributed by atoms with Gasteiger partial charge in [-0.25, -0.2) is 9.59 Å². The second-order valence-corrected chi connectivity index (χ2v) is 4.71. The normalized spacial score (nSPS) is 15.3. The Hall–Kier alpha value is -3.06. The van der Waals surface area contributed by atoms with E-state index in [4.69, 9.17) is 30.6 Å². The first-order valence-electron chi connectivity index (χ1n) is 6.39. The Kier molecular flexibility index (Phi) is 8.15. The number of hydrogen-bond acceptors (Lipinski definition) is 9. The molecule has 0 rings (SSSR count). The maximum absolute atomic E-state index is 11.4. The third-order valence-corrected chi connectivity index (χ3v) is 2.90. The summed E-state index contributed by atoms with van der Waals surface area (Å²) in [5.41, 5.74) is 0. The fourth-order valence-corrected chi connectivity index (χ4v) is 1.58. The van der Waals surface area contributed by atoms with Crippen LogP contribution in [0.5, 0.6) is 0 Å². The average molecular weight is 366 g/mol. The van der Waals surface area contributed by atoms with E-state index in [2.05, 4.69) is 4.74 Å². The number of esters is 2. The second-order valence-electron chi connectivity index (χ2n) is 4.71. The molecule has 0 radical (unpaired) electrons. The van der Waals surface area contributed by atoms with E-state index in [-0.39, 0.29) is 0 Å². The maximum atomic E-state index is 11.4. The molecule has 4 unspecified atom stereocenters. The van der Waals surface area contributed by atoms with E-state index in [0.29, 0.717) is 0 Å². The topological polar surface area (TPSA) is 233 Å². The molecule has 140 valence electrons. The lowest BCUT2D eigenvalue weighted by Crippen LogP contribution is -2.38. The summed E-state index contributed by atoms with van der Waals surface area (Å²) in [5, 5.41) is 52.8. The largest absolute Gasteiger partial charge is 0.481 e.